The van der Waals surface area contributed by atoms with Crippen LogP contribution in [0.25, 0.3) is 0 Å². The predicted octanol–water partition coefficient (Wildman–Crippen LogP) is 3.56. The Hall–Kier alpha value is -1.13. The van der Waals surface area contributed by atoms with Crippen molar-refractivity contribution in [2.75, 3.05) is 4.90 Å². The van der Waals surface area contributed by atoms with Gasteiger partial charge in [0, 0.05) is 0 Å². The third-order valence-corrected chi connectivity index (χ3v) is 5.06. The van der Waals surface area contributed by atoms with Gasteiger partial charge >= 0.3 is 0 Å². The minimum atomic E-state index is -0.219. The van der Waals surface area contributed by atoms with Crippen LogP contribution in [0, 0.1) is 11.8 Å². The van der Waals surface area contributed by atoms with Crippen molar-refractivity contribution >= 4 is 45.0 Å². The lowest BCUT2D eigenvalue weighted by Crippen LogP contribution is -2.31. The second-order valence-corrected chi connectivity index (χ2v) is 5.94. The van der Waals surface area contributed by atoms with Crippen molar-refractivity contribution in [1.82, 2.24) is 0 Å². The van der Waals surface area contributed by atoms with Gasteiger partial charge in [-0.15, -0.1) is 0 Å². The normalized spacial score (nSPS) is 25.9. The van der Waals surface area contributed by atoms with Gasteiger partial charge in [0.2, 0.25) is 11.8 Å². The smallest absolute Gasteiger partial charge is 0.238 e. The molecule has 1 aromatic carbocycles. The summed E-state index contributed by atoms with van der Waals surface area (Å²) in [6, 6.07) is 5.19. The molecule has 0 aromatic heterocycles. The molecule has 2 aliphatic rings. The van der Waals surface area contributed by atoms with E-state index in [1.165, 1.54) is 4.90 Å². The van der Waals surface area contributed by atoms with Crippen LogP contribution >= 0.6 is 27.5 Å². The maximum atomic E-state index is 12.4. The summed E-state index contributed by atoms with van der Waals surface area (Å²) < 4.78 is 0.588. The van der Waals surface area contributed by atoms with Gasteiger partial charge in [-0.3, -0.25) is 9.59 Å². The van der Waals surface area contributed by atoms with Crippen molar-refractivity contribution in [1.29, 1.82) is 0 Å². The van der Waals surface area contributed by atoms with E-state index < -0.39 is 0 Å². The molecule has 3 rings (SSSR count). The van der Waals surface area contributed by atoms with Gasteiger partial charge in [0.1, 0.15) is 0 Å². The van der Waals surface area contributed by atoms with Crippen molar-refractivity contribution in [2.45, 2.75) is 12.8 Å². The zero-order valence-electron chi connectivity index (χ0n) is 9.98. The Balaban J connectivity index is 2.04. The number of hydrogen-bond donors (Lipinski definition) is 0. The van der Waals surface area contributed by atoms with E-state index in [9.17, 15) is 9.59 Å². The molecule has 1 aromatic rings. The Morgan fingerprint density at radius 1 is 1.11 bits per heavy atom. The van der Waals surface area contributed by atoms with Crippen LogP contribution in [-0.4, -0.2) is 11.8 Å². The van der Waals surface area contributed by atoms with Crippen molar-refractivity contribution in [3.8, 4) is 0 Å². The largest absolute Gasteiger partial charge is 0.274 e. The van der Waals surface area contributed by atoms with Crippen LogP contribution in [0.15, 0.2) is 34.8 Å². The molecule has 0 saturated carbocycles. The molecule has 2 unspecified atom stereocenters. The molecule has 0 spiro atoms. The number of fused-ring (bicyclic) bond motifs is 1. The zero-order valence-corrected chi connectivity index (χ0v) is 12.3. The summed E-state index contributed by atoms with van der Waals surface area (Å²) in [7, 11) is 0. The molecular formula is C14H11BrClNO2. The maximum Gasteiger partial charge on any atom is 0.238 e. The van der Waals surface area contributed by atoms with Crippen molar-refractivity contribution in [2.24, 2.45) is 11.8 Å². The van der Waals surface area contributed by atoms with Gasteiger partial charge in [0.05, 0.1) is 27.0 Å². The zero-order chi connectivity index (χ0) is 13.6. The number of amides is 2. The highest BCUT2D eigenvalue weighted by molar-refractivity contribution is 9.10. The molecule has 5 heteroatoms. The Bertz CT molecular complexity index is 573. The molecule has 19 heavy (non-hydrogen) atoms. The number of allylic oxidation sites excluding steroid dienone is 2. The van der Waals surface area contributed by atoms with Crippen molar-refractivity contribution in [3.05, 3.63) is 39.8 Å². The average molecular weight is 341 g/mol. The van der Waals surface area contributed by atoms with E-state index in [0.717, 1.165) is 0 Å². The first kappa shape index (κ1) is 12.9. The van der Waals surface area contributed by atoms with Gasteiger partial charge < -0.3 is 0 Å². The van der Waals surface area contributed by atoms with E-state index in [0.29, 0.717) is 28.0 Å². The fourth-order valence-electron chi connectivity index (χ4n) is 2.70. The fraction of sp³-hybridized carbons (Fsp3) is 0.286. The van der Waals surface area contributed by atoms with E-state index >= 15 is 0 Å². The Morgan fingerprint density at radius 3 is 2.26 bits per heavy atom. The van der Waals surface area contributed by atoms with Gasteiger partial charge in [-0.05, 0) is 40.9 Å². The minimum absolute atomic E-state index is 0.123. The van der Waals surface area contributed by atoms with Crippen molar-refractivity contribution < 1.29 is 9.59 Å². The standard InChI is InChI=1S/C14H11BrClNO2/c15-12-10(16)6-3-7-11(12)17-13(18)8-4-1-2-5-9(8)14(17)19/h1-3,6-9H,4-5H2. The lowest BCUT2D eigenvalue weighted by molar-refractivity contribution is -0.122. The molecule has 0 radical (unpaired) electrons. The first-order chi connectivity index (χ1) is 9.11. The van der Waals surface area contributed by atoms with Crippen LogP contribution in [0.4, 0.5) is 5.69 Å². The Morgan fingerprint density at radius 2 is 1.68 bits per heavy atom. The number of carbonyl (C=O) groups excluding carboxylic acids is 2. The minimum Gasteiger partial charge on any atom is -0.274 e. The molecule has 1 aliphatic heterocycles. The second-order valence-electron chi connectivity index (χ2n) is 4.74. The molecule has 2 atom stereocenters. The molecule has 3 nitrogen and oxygen atoms in total. The van der Waals surface area contributed by atoms with Crippen LogP contribution in [0.2, 0.25) is 5.02 Å². The molecular weight excluding hydrogens is 330 g/mol. The average Bonchev–Trinajstić information content (AvgIpc) is 2.67. The monoisotopic (exact) mass is 339 g/mol. The van der Waals surface area contributed by atoms with Gasteiger partial charge in [-0.2, -0.15) is 0 Å². The van der Waals surface area contributed by atoms with E-state index in [4.69, 9.17) is 11.6 Å². The highest BCUT2D eigenvalue weighted by Crippen LogP contribution is 2.41. The Kier molecular flexibility index (Phi) is 3.23. The summed E-state index contributed by atoms with van der Waals surface area (Å²) in [4.78, 5) is 26.1. The lowest BCUT2D eigenvalue weighted by atomic mass is 9.85. The third-order valence-electron chi connectivity index (χ3n) is 3.68. The number of hydrogen-bond acceptors (Lipinski definition) is 2. The first-order valence-corrected chi connectivity index (χ1v) is 7.25. The van der Waals surface area contributed by atoms with E-state index in [-0.39, 0.29) is 23.7 Å². The molecule has 1 fully saturated rings. The van der Waals surface area contributed by atoms with Gasteiger partial charge in [-0.1, -0.05) is 29.8 Å². The highest BCUT2D eigenvalue weighted by atomic mass is 79.9. The highest BCUT2D eigenvalue weighted by Gasteiger charge is 2.48. The summed E-state index contributed by atoms with van der Waals surface area (Å²) in [6.45, 7) is 0. The Labute approximate surface area is 124 Å². The van der Waals surface area contributed by atoms with Gasteiger partial charge in [-0.25, -0.2) is 4.90 Å². The third kappa shape index (κ3) is 1.94. The van der Waals surface area contributed by atoms with Crippen LogP contribution in [0.5, 0.6) is 0 Å². The van der Waals surface area contributed by atoms with Crippen LogP contribution in [0.1, 0.15) is 12.8 Å². The van der Waals surface area contributed by atoms with Gasteiger partial charge in [0.25, 0.3) is 0 Å². The number of imide groups is 1. The first-order valence-electron chi connectivity index (χ1n) is 6.08. The lowest BCUT2D eigenvalue weighted by Gasteiger charge is -2.17. The number of rotatable bonds is 1. The van der Waals surface area contributed by atoms with E-state index in [2.05, 4.69) is 15.9 Å². The van der Waals surface area contributed by atoms with Crippen molar-refractivity contribution in [3.63, 3.8) is 0 Å². The number of benzene rings is 1. The predicted molar refractivity (Wildman–Crippen MR) is 77.0 cm³/mol. The summed E-state index contributed by atoms with van der Waals surface area (Å²) in [5.74, 6) is -0.684. The summed E-state index contributed by atoms with van der Waals surface area (Å²) >= 11 is 9.38. The quantitative estimate of drug-likeness (QED) is 0.579. The van der Waals surface area contributed by atoms with E-state index in [1.54, 1.807) is 18.2 Å². The van der Waals surface area contributed by atoms with Gasteiger partial charge in [0.15, 0.2) is 0 Å². The number of nitrogens with zero attached hydrogens (tertiary/aromatic N) is 1. The summed E-state index contributed by atoms with van der Waals surface area (Å²) in [5, 5.41) is 0.492. The number of anilines is 1. The SMILES string of the molecule is O=C1C2CC=CCC2C(=O)N1c1cccc(Cl)c1Br. The molecule has 0 N–H and O–H groups in total. The molecule has 98 valence electrons. The number of halogens is 2. The van der Waals surface area contributed by atoms with Crippen LogP contribution in [0.3, 0.4) is 0 Å². The second kappa shape index (κ2) is 4.76. The number of carbonyl (C=O) groups is 2. The summed E-state index contributed by atoms with van der Waals surface area (Å²) in [5.41, 5.74) is 0.539. The summed E-state index contributed by atoms with van der Waals surface area (Å²) in [6.07, 6.45) is 5.24. The molecule has 0 bridgehead atoms. The molecule has 2 amide bonds. The van der Waals surface area contributed by atoms with Crippen LogP contribution < -0.4 is 4.90 Å². The molecule has 1 heterocycles. The fourth-order valence-corrected chi connectivity index (χ4v) is 3.31. The van der Waals surface area contributed by atoms with Crippen LogP contribution in [-0.2, 0) is 9.59 Å². The topological polar surface area (TPSA) is 37.4 Å². The molecule has 1 saturated heterocycles. The molecule has 1 aliphatic carbocycles. The maximum absolute atomic E-state index is 12.4. The van der Waals surface area contributed by atoms with E-state index in [1.807, 2.05) is 12.2 Å².